The van der Waals surface area contributed by atoms with Crippen LogP contribution >= 0.6 is 0 Å². The normalized spacial score (nSPS) is 23.2. The highest BCUT2D eigenvalue weighted by Crippen LogP contribution is 2.34. The Hall–Kier alpha value is -1.58. The van der Waals surface area contributed by atoms with Gasteiger partial charge in [-0.3, -0.25) is 4.98 Å². The summed E-state index contributed by atoms with van der Waals surface area (Å²) in [4.78, 5) is 18.8. The minimum absolute atomic E-state index is 0.0914. The molecule has 2 aliphatic rings. The van der Waals surface area contributed by atoms with Gasteiger partial charge in [-0.05, 0) is 43.7 Å². The highest BCUT2D eigenvalue weighted by atomic mass is 16.2. The molecule has 1 aromatic rings. The number of aromatic nitrogens is 1. The molecule has 3 rings (SSSR count). The number of carbonyl (C=O) groups excluding carboxylic acids is 1. The first-order chi connectivity index (χ1) is 10.3. The van der Waals surface area contributed by atoms with E-state index in [1.807, 2.05) is 18.2 Å². The van der Waals surface area contributed by atoms with Gasteiger partial charge < -0.3 is 10.2 Å². The first kappa shape index (κ1) is 14.4. The smallest absolute Gasteiger partial charge is 0.317 e. The van der Waals surface area contributed by atoms with Gasteiger partial charge in [0.25, 0.3) is 0 Å². The lowest BCUT2D eigenvalue weighted by Gasteiger charge is -2.34. The van der Waals surface area contributed by atoms with E-state index in [1.54, 1.807) is 6.20 Å². The number of amides is 2. The van der Waals surface area contributed by atoms with Gasteiger partial charge in [-0.1, -0.05) is 25.3 Å². The van der Waals surface area contributed by atoms with E-state index >= 15 is 0 Å². The van der Waals surface area contributed by atoms with Crippen LogP contribution in [0.4, 0.5) is 4.79 Å². The molecular weight excluding hydrogens is 262 g/mol. The lowest BCUT2D eigenvalue weighted by Crippen LogP contribution is -2.45. The Morgan fingerprint density at radius 3 is 2.81 bits per heavy atom. The van der Waals surface area contributed by atoms with E-state index in [2.05, 4.69) is 15.2 Å². The maximum absolute atomic E-state index is 12.5. The summed E-state index contributed by atoms with van der Waals surface area (Å²) >= 11 is 0. The van der Waals surface area contributed by atoms with Crippen LogP contribution in [0, 0.1) is 5.92 Å². The SMILES string of the molecule is O=C(NCc1ccccn1)N1CCCC1C1CCCCC1. The van der Waals surface area contributed by atoms with Crippen LogP contribution < -0.4 is 5.32 Å². The van der Waals surface area contributed by atoms with Crippen LogP contribution in [0.3, 0.4) is 0 Å². The lowest BCUT2D eigenvalue weighted by atomic mass is 9.83. The number of likely N-dealkylation sites (tertiary alicyclic amines) is 1. The van der Waals surface area contributed by atoms with Gasteiger partial charge in [-0.2, -0.15) is 0 Å². The monoisotopic (exact) mass is 287 g/mol. The second kappa shape index (κ2) is 6.92. The largest absolute Gasteiger partial charge is 0.332 e. The molecule has 4 nitrogen and oxygen atoms in total. The molecule has 2 amide bonds. The fourth-order valence-electron chi connectivity index (χ4n) is 3.82. The molecule has 0 spiro atoms. The molecule has 0 radical (unpaired) electrons. The number of nitrogens with zero attached hydrogens (tertiary/aromatic N) is 2. The van der Waals surface area contributed by atoms with E-state index < -0.39 is 0 Å². The van der Waals surface area contributed by atoms with Gasteiger partial charge >= 0.3 is 6.03 Å². The Balaban J connectivity index is 1.55. The molecule has 1 unspecified atom stereocenters. The van der Waals surface area contributed by atoms with Gasteiger partial charge in [0.05, 0.1) is 12.2 Å². The molecule has 1 saturated heterocycles. The molecule has 1 aromatic heterocycles. The topological polar surface area (TPSA) is 45.2 Å². The Kier molecular flexibility index (Phi) is 4.73. The Morgan fingerprint density at radius 1 is 1.19 bits per heavy atom. The van der Waals surface area contributed by atoms with E-state index in [4.69, 9.17) is 0 Å². The summed E-state index contributed by atoms with van der Waals surface area (Å²) in [5.41, 5.74) is 0.916. The molecule has 114 valence electrons. The summed E-state index contributed by atoms with van der Waals surface area (Å²) in [6.07, 6.45) is 10.7. The van der Waals surface area contributed by atoms with Gasteiger partial charge in [0, 0.05) is 18.8 Å². The second-order valence-corrected chi connectivity index (χ2v) is 6.28. The third-order valence-corrected chi connectivity index (χ3v) is 4.90. The van der Waals surface area contributed by atoms with Crippen LogP contribution in [0.2, 0.25) is 0 Å². The highest BCUT2D eigenvalue weighted by Gasteiger charge is 2.34. The van der Waals surface area contributed by atoms with Gasteiger partial charge in [0.15, 0.2) is 0 Å². The number of urea groups is 1. The summed E-state index contributed by atoms with van der Waals surface area (Å²) in [5, 5.41) is 3.03. The minimum atomic E-state index is 0.0914. The number of pyridine rings is 1. The van der Waals surface area contributed by atoms with Crippen molar-refractivity contribution in [2.75, 3.05) is 6.54 Å². The molecule has 1 aliphatic heterocycles. The zero-order chi connectivity index (χ0) is 14.5. The van der Waals surface area contributed by atoms with Crippen molar-refractivity contribution in [1.29, 1.82) is 0 Å². The fourth-order valence-corrected chi connectivity index (χ4v) is 3.82. The number of carbonyl (C=O) groups is 1. The molecule has 2 heterocycles. The summed E-state index contributed by atoms with van der Waals surface area (Å²) < 4.78 is 0. The Bertz CT molecular complexity index is 456. The van der Waals surface area contributed by atoms with Gasteiger partial charge in [-0.15, -0.1) is 0 Å². The van der Waals surface area contributed by atoms with Crippen molar-refractivity contribution in [3.05, 3.63) is 30.1 Å². The van der Waals surface area contributed by atoms with E-state index in [-0.39, 0.29) is 6.03 Å². The molecule has 1 atom stereocenters. The molecule has 1 aliphatic carbocycles. The summed E-state index contributed by atoms with van der Waals surface area (Å²) in [7, 11) is 0. The summed E-state index contributed by atoms with van der Waals surface area (Å²) in [6, 6.07) is 6.35. The van der Waals surface area contributed by atoms with E-state index in [9.17, 15) is 4.79 Å². The zero-order valence-electron chi connectivity index (χ0n) is 12.6. The molecule has 0 aromatic carbocycles. The van der Waals surface area contributed by atoms with Crippen molar-refractivity contribution in [3.63, 3.8) is 0 Å². The lowest BCUT2D eigenvalue weighted by molar-refractivity contribution is 0.156. The third-order valence-electron chi connectivity index (χ3n) is 4.90. The number of hydrogen-bond donors (Lipinski definition) is 1. The third kappa shape index (κ3) is 3.55. The maximum atomic E-state index is 12.5. The van der Waals surface area contributed by atoms with Gasteiger partial charge in [0.1, 0.15) is 0 Å². The van der Waals surface area contributed by atoms with Crippen LogP contribution in [0.15, 0.2) is 24.4 Å². The number of nitrogens with one attached hydrogen (secondary N) is 1. The van der Waals surface area contributed by atoms with Gasteiger partial charge in [-0.25, -0.2) is 4.79 Å². The van der Waals surface area contributed by atoms with Crippen LogP contribution in [0.5, 0.6) is 0 Å². The van der Waals surface area contributed by atoms with Crippen molar-refractivity contribution in [1.82, 2.24) is 15.2 Å². The summed E-state index contributed by atoms with van der Waals surface area (Å²) in [6.45, 7) is 1.43. The van der Waals surface area contributed by atoms with Gasteiger partial charge in [0.2, 0.25) is 0 Å². The van der Waals surface area contributed by atoms with Crippen molar-refractivity contribution >= 4 is 6.03 Å². The fraction of sp³-hybridized carbons (Fsp3) is 0.647. The predicted octanol–water partition coefficient (Wildman–Crippen LogP) is 3.34. The second-order valence-electron chi connectivity index (χ2n) is 6.28. The van der Waals surface area contributed by atoms with Crippen molar-refractivity contribution in [2.45, 2.75) is 57.5 Å². The van der Waals surface area contributed by atoms with Crippen LogP contribution in [0.25, 0.3) is 0 Å². The summed E-state index contributed by atoms with van der Waals surface area (Å²) in [5.74, 6) is 0.724. The predicted molar refractivity (Wildman–Crippen MR) is 82.8 cm³/mol. The van der Waals surface area contributed by atoms with E-state index in [0.29, 0.717) is 12.6 Å². The van der Waals surface area contributed by atoms with Crippen molar-refractivity contribution in [2.24, 2.45) is 5.92 Å². The average Bonchev–Trinajstić information content (AvgIpc) is 3.04. The standard InChI is InChI=1S/C17H25N3O/c21-17(19-13-15-9-4-5-11-18-15)20-12-6-10-16(20)14-7-2-1-3-8-14/h4-5,9,11,14,16H,1-3,6-8,10,12-13H2,(H,19,21). The molecule has 21 heavy (non-hydrogen) atoms. The molecule has 2 fully saturated rings. The first-order valence-corrected chi connectivity index (χ1v) is 8.29. The molecular formula is C17H25N3O. The van der Waals surface area contributed by atoms with Crippen molar-refractivity contribution < 1.29 is 4.79 Å². The Morgan fingerprint density at radius 2 is 2.05 bits per heavy atom. The molecule has 4 heteroatoms. The Labute approximate surface area is 126 Å². The minimum Gasteiger partial charge on any atom is -0.332 e. The molecule has 1 saturated carbocycles. The first-order valence-electron chi connectivity index (χ1n) is 8.29. The van der Waals surface area contributed by atoms with Crippen LogP contribution in [-0.4, -0.2) is 28.5 Å². The molecule has 1 N–H and O–H groups in total. The van der Waals surface area contributed by atoms with E-state index in [1.165, 1.54) is 38.5 Å². The highest BCUT2D eigenvalue weighted by molar-refractivity contribution is 5.74. The maximum Gasteiger partial charge on any atom is 0.317 e. The number of hydrogen-bond acceptors (Lipinski definition) is 2. The van der Waals surface area contributed by atoms with Crippen LogP contribution in [0.1, 0.15) is 50.6 Å². The van der Waals surface area contributed by atoms with Crippen molar-refractivity contribution in [3.8, 4) is 0 Å². The van der Waals surface area contributed by atoms with E-state index in [0.717, 1.165) is 24.6 Å². The quantitative estimate of drug-likeness (QED) is 0.926. The zero-order valence-corrected chi connectivity index (χ0v) is 12.6. The average molecular weight is 287 g/mol. The van der Waals surface area contributed by atoms with Crippen LogP contribution in [-0.2, 0) is 6.54 Å². The molecule has 0 bridgehead atoms. The number of rotatable bonds is 3.